The van der Waals surface area contributed by atoms with Crippen molar-refractivity contribution in [3.63, 3.8) is 0 Å². The van der Waals surface area contributed by atoms with Gasteiger partial charge in [0.05, 0.1) is 12.0 Å². The van der Waals surface area contributed by atoms with Gasteiger partial charge in [-0.1, -0.05) is 18.6 Å². The quantitative estimate of drug-likeness (QED) is 0.733. The van der Waals surface area contributed by atoms with Gasteiger partial charge in [-0.05, 0) is 43.2 Å². The number of benzene rings is 1. The molecule has 0 heterocycles. The fourth-order valence-electron chi connectivity index (χ4n) is 2.45. The Morgan fingerprint density at radius 1 is 1.28 bits per heavy atom. The Balaban J connectivity index is 2.30. The summed E-state index contributed by atoms with van der Waals surface area (Å²) in [4.78, 5) is 4.82. The Morgan fingerprint density at radius 3 is 2.61 bits per heavy atom. The van der Waals surface area contributed by atoms with Gasteiger partial charge in [0, 0.05) is 12.8 Å². The maximum Gasteiger partial charge on any atom is 0.282 e. The normalized spacial score (nSPS) is 18.1. The van der Waals surface area contributed by atoms with Gasteiger partial charge in [-0.2, -0.15) is 0 Å². The van der Waals surface area contributed by atoms with Crippen LogP contribution in [0.1, 0.15) is 37.7 Å². The summed E-state index contributed by atoms with van der Waals surface area (Å²) in [6.07, 6.45) is 5.60. The van der Waals surface area contributed by atoms with Gasteiger partial charge >= 0.3 is 0 Å². The van der Waals surface area contributed by atoms with Crippen molar-refractivity contribution in [2.24, 2.45) is 0 Å². The average molecular weight is 261 g/mol. The van der Waals surface area contributed by atoms with E-state index in [1.165, 1.54) is 24.8 Å². The molecule has 18 heavy (non-hydrogen) atoms. The highest BCUT2D eigenvalue weighted by Crippen LogP contribution is 2.48. The predicted octanol–water partition coefficient (Wildman–Crippen LogP) is 4.68. The molecule has 1 aliphatic carbocycles. The zero-order valence-corrected chi connectivity index (χ0v) is 11.8. The summed E-state index contributed by atoms with van der Waals surface area (Å²) < 4.78 is 5.43. The van der Waals surface area contributed by atoms with E-state index in [9.17, 15) is 0 Å². The fraction of sp³-hybridized carbons (Fsp3) is 0.533. The van der Waals surface area contributed by atoms with Crippen LogP contribution >= 0.6 is 11.8 Å². The van der Waals surface area contributed by atoms with Crippen molar-refractivity contribution in [2.45, 2.75) is 48.8 Å². The van der Waals surface area contributed by atoms with Crippen LogP contribution in [0.4, 0.5) is 0 Å². The second-order valence-electron chi connectivity index (χ2n) is 4.83. The SMILES string of the molecule is [C-]#[N+]C1(Sc2c(C)cccc2OC)CCCCC1. The van der Waals surface area contributed by atoms with E-state index in [0.29, 0.717) is 0 Å². The maximum absolute atomic E-state index is 7.56. The van der Waals surface area contributed by atoms with Gasteiger partial charge in [0.2, 0.25) is 0 Å². The van der Waals surface area contributed by atoms with E-state index < -0.39 is 0 Å². The molecule has 1 aliphatic rings. The zero-order chi connectivity index (χ0) is 13.0. The van der Waals surface area contributed by atoms with Gasteiger partial charge in [-0.3, -0.25) is 4.85 Å². The summed E-state index contributed by atoms with van der Waals surface area (Å²) in [5.41, 5.74) is 1.20. The van der Waals surface area contributed by atoms with Crippen molar-refractivity contribution >= 4 is 11.8 Å². The van der Waals surface area contributed by atoms with Crippen molar-refractivity contribution in [3.05, 3.63) is 35.2 Å². The Bertz CT molecular complexity index is 458. The minimum Gasteiger partial charge on any atom is -0.496 e. The minimum absolute atomic E-state index is 0.266. The maximum atomic E-state index is 7.56. The molecule has 1 aromatic rings. The van der Waals surface area contributed by atoms with Gasteiger partial charge in [0.15, 0.2) is 0 Å². The highest BCUT2D eigenvalue weighted by Gasteiger charge is 2.40. The van der Waals surface area contributed by atoms with E-state index >= 15 is 0 Å². The third-order valence-corrected chi connectivity index (χ3v) is 5.13. The van der Waals surface area contributed by atoms with E-state index in [4.69, 9.17) is 11.3 Å². The first-order valence-electron chi connectivity index (χ1n) is 6.42. The number of aryl methyl sites for hydroxylation is 1. The lowest BCUT2D eigenvalue weighted by Crippen LogP contribution is -2.23. The topological polar surface area (TPSA) is 13.6 Å². The number of rotatable bonds is 3. The van der Waals surface area contributed by atoms with Crippen LogP contribution in [0, 0.1) is 13.5 Å². The third-order valence-electron chi connectivity index (χ3n) is 3.53. The molecule has 0 radical (unpaired) electrons. The third kappa shape index (κ3) is 2.64. The lowest BCUT2D eigenvalue weighted by molar-refractivity contribution is 0.402. The molecule has 0 saturated heterocycles. The lowest BCUT2D eigenvalue weighted by atomic mass is 9.95. The summed E-state index contributed by atoms with van der Waals surface area (Å²) in [6.45, 7) is 9.64. The molecular formula is C15H19NOS. The van der Waals surface area contributed by atoms with Crippen LogP contribution < -0.4 is 4.74 Å². The molecule has 0 bridgehead atoms. The van der Waals surface area contributed by atoms with E-state index in [2.05, 4.69) is 17.8 Å². The van der Waals surface area contributed by atoms with Crippen molar-refractivity contribution < 1.29 is 4.74 Å². The molecule has 0 N–H and O–H groups in total. The predicted molar refractivity (Wildman–Crippen MR) is 76.0 cm³/mol. The molecule has 3 heteroatoms. The molecule has 0 atom stereocenters. The van der Waals surface area contributed by atoms with Crippen LogP contribution in [0.3, 0.4) is 0 Å². The van der Waals surface area contributed by atoms with Gasteiger partial charge in [-0.15, -0.1) is 0 Å². The molecule has 1 saturated carbocycles. The molecule has 1 aromatic carbocycles. The van der Waals surface area contributed by atoms with Gasteiger partial charge in [-0.25, -0.2) is 6.57 Å². The highest BCUT2D eigenvalue weighted by molar-refractivity contribution is 8.01. The smallest absolute Gasteiger partial charge is 0.282 e. The van der Waals surface area contributed by atoms with Gasteiger partial charge < -0.3 is 4.74 Å². The van der Waals surface area contributed by atoms with Crippen molar-refractivity contribution in [3.8, 4) is 5.75 Å². The summed E-state index contributed by atoms with van der Waals surface area (Å²) in [5, 5.41) is 0. The molecule has 1 fully saturated rings. The van der Waals surface area contributed by atoms with E-state index in [0.717, 1.165) is 23.5 Å². The molecule has 96 valence electrons. The number of ether oxygens (including phenoxy) is 1. The molecule has 2 rings (SSSR count). The minimum atomic E-state index is -0.266. The highest BCUT2D eigenvalue weighted by atomic mass is 32.2. The fourth-order valence-corrected chi connectivity index (χ4v) is 3.85. The molecule has 2 nitrogen and oxygen atoms in total. The molecular weight excluding hydrogens is 242 g/mol. The Hall–Kier alpha value is -1.14. The van der Waals surface area contributed by atoms with Crippen molar-refractivity contribution in [1.82, 2.24) is 0 Å². The Kier molecular flexibility index (Phi) is 4.19. The first kappa shape index (κ1) is 13.3. The number of methoxy groups -OCH3 is 1. The second kappa shape index (κ2) is 5.67. The Labute approximate surface area is 114 Å². The summed E-state index contributed by atoms with van der Waals surface area (Å²) in [6, 6.07) is 6.07. The van der Waals surface area contributed by atoms with E-state index in [1.54, 1.807) is 18.9 Å². The molecule has 0 aliphatic heterocycles. The van der Waals surface area contributed by atoms with Crippen molar-refractivity contribution in [1.29, 1.82) is 0 Å². The summed E-state index contributed by atoms with van der Waals surface area (Å²) in [5.74, 6) is 0.897. The monoisotopic (exact) mass is 261 g/mol. The van der Waals surface area contributed by atoms with Crippen molar-refractivity contribution in [2.75, 3.05) is 7.11 Å². The molecule has 0 spiro atoms. The lowest BCUT2D eigenvalue weighted by Gasteiger charge is -2.26. The summed E-state index contributed by atoms with van der Waals surface area (Å²) >= 11 is 1.71. The largest absolute Gasteiger partial charge is 0.496 e. The van der Waals surface area contributed by atoms with Crippen LogP contribution in [0.25, 0.3) is 4.85 Å². The molecule has 0 amide bonds. The zero-order valence-electron chi connectivity index (χ0n) is 11.0. The summed E-state index contributed by atoms with van der Waals surface area (Å²) in [7, 11) is 1.70. The van der Waals surface area contributed by atoms with Gasteiger partial charge in [0.25, 0.3) is 4.87 Å². The number of hydrogen-bond donors (Lipinski definition) is 0. The first-order chi connectivity index (χ1) is 8.71. The van der Waals surface area contributed by atoms with Crippen LogP contribution in [-0.2, 0) is 0 Å². The van der Waals surface area contributed by atoms with E-state index in [1.807, 2.05) is 12.1 Å². The molecule has 0 unspecified atom stereocenters. The van der Waals surface area contributed by atoms with Gasteiger partial charge in [0.1, 0.15) is 5.75 Å². The number of thioether (sulfide) groups is 1. The van der Waals surface area contributed by atoms with Crippen LogP contribution in [-0.4, -0.2) is 12.0 Å². The number of hydrogen-bond acceptors (Lipinski definition) is 2. The Morgan fingerprint density at radius 2 is 2.00 bits per heavy atom. The first-order valence-corrected chi connectivity index (χ1v) is 7.24. The van der Waals surface area contributed by atoms with Crippen LogP contribution in [0.5, 0.6) is 5.75 Å². The van der Waals surface area contributed by atoms with E-state index in [-0.39, 0.29) is 4.87 Å². The average Bonchev–Trinajstić information content (AvgIpc) is 2.42. The van der Waals surface area contributed by atoms with Crippen LogP contribution in [0.2, 0.25) is 0 Å². The van der Waals surface area contributed by atoms with Crippen LogP contribution in [0.15, 0.2) is 23.1 Å². The standard InChI is InChI=1S/C15H19NOS/c1-12-8-7-9-13(17-3)14(12)18-15(16-2)10-5-4-6-11-15/h7-9H,4-6,10-11H2,1,3H3. The molecule has 0 aromatic heterocycles. The second-order valence-corrected chi connectivity index (χ2v) is 6.20. The number of nitrogens with zero attached hydrogens (tertiary/aromatic N) is 1.